The van der Waals surface area contributed by atoms with Crippen molar-refractivity contribution >= 4 is 5.78 Å². The van der Waals surface area contributed by atoms with Crippen molar-refractivity contribution in [2.75, 3.05) is 13.6 Å². The van der Waals surface area contributed by atoms with E-state index >= 15 is 0 Å². The van der Waals surface area contributed by atoms with Crippen LogP contribution in [0, 0.1) is 11.6 Å². The molecular formula is C13H14F5NO. The summed E-state index contributed by atoms with van der Waals surface area (Å²) in [5.41, 5.74) is -0.335. The van der Waals surface area contributed by atoms with Crippen molar-refractivity contribution in [1.82, 2.24) is 4.90 Å². The van der Waals surface area contributed by atoms with E-state index in [0.717, 1.165) is 12.1 Å². The first-order valence-electron chi connectivity index (χ1n) is 5.88. The molecule has 1 rings (SSSR count). The van der Waals surface area contributed by atoms with Crippen LogP contribution in [0.25, 0.3) is 0 Å². The largest absolute Gasteiger partial charge is 0.390 e. The van der Waals surface area contributed by atoms with Gasteiger partial charge in [-0.25, -0.2) is 8.78 Å². The number of likely N-dealkylation sites (N-methyl/N-ethyl adjacent to an activating group) is 1. The van der Waals surface area contributed by atoms with Crippen LogP contribution >= 0.6 is 0 Å². The van der Waals surface area contributed by atoms with Gasteiger partial charge in [0.25, 0.3) is 0 Å². The average Bonchev–Trinajstić information content (AvgIpc) is 2.33. The third-order valence-corrected chi connectivity index (χ3v) is 2.99. The minimum Gasteiger partial charge on any atom is -0.296 e. The lowest BCUT2D eigenvalue weighted by Crippen LogP contribution is -2.38. The maximum atomic E-state index is 13.4. The molecule has 7 heteroatoms. The van der Waals surface area contributed by atoms with Crippen LogP contribution in [0.5, 0.6) is 0 Å². The van der Waals surface area contributed by atoms with E-state index in [1.807, 2.05) is 0 Å². The van der Waals surface area contributed by atoms with Gasteiger partial charge in [-0.3, -0.25) is 9.69 Å². The zero-order valence-corrected chi connectivity index (χ0v) is 11.0. The van der Waals surface area contributed by atoms with Gasteiger partial charge in [-0.05, 0) is 26.1 Å². The van der Waals surface area contributed by atoms with Crippen molar-refractivity contribution in [3.05, 3.63) is 35.4 Å². The number of benzene rings is 1. The van der Waals surface area contributed by atoms with E-state index in [0.29, 0.717) is 6.07 Å². The van der Waals surface area contributed by atoms with Gasteiger partial charge in [-0.2, -0.15) is 13.2 Å². The van der Waals surface area contributed by atoms with E-state index < -0.39 is 36.1 Å². The second-order valence-electron chi connectivity index (χ2n) is 4.51. The summed E-state index contributed by atoms with van der Waals surface area (Å²) in [6.45, 7) is 1.00. The SMILES string of the molecule is CC(C(=O)c1ccc(F)cc1F)N(C)CCC(F)(F)F. The molecule has 0 amide bonds. The maximum Gasteiger partial charge on any atom is 0.390 e. The monoisotopic (exact) mass is 295 g/mol. The van der Waals surface area contributed by atoms with Crippen LogP contribution in [-0.2, 0) is 0 Å². The number of nitrogens with zero attached hydrogens (tertiary/aromatic N) is 1. The molecule has 0 radical (unpaired) electrons. The average molecular weight is 295 g/mol. The smallest absolute Gasteiger partial charge is 0.296 e. The summed E-state index contributed by atoms with van der Waals surface area (Å²) in [4.78, 5) is 13.1. The molecule has 0 spiro atoms. The summed E-state index contributed by atoms with van der Waals surface area (Å²) in [6.07, 6.45) is -5.38. The zero-order valence-electron chi connectivity index (χ0n) is 11.0. The van der Waals surface area contributed by atoms with Gasteiger partial charge in [0.1, 0.15) is 11.6 Å². The maximum absolute atomic E-state index is 13.4. The second kappa shape index (κ2) is 6.30. The van der Waals surface area contributed by atoms with Gasteiger partial charge in [0.2, 0.25) is 0 Å². The molecule has 1 unspecified atom stereocenters. The number of alkyl halides is 3. The lowest BCUT2D eigenvalue weighted by molar-refractivity contribution is -0.137. The first-order chi connectivity index (χ1) is 9.11. The summed E-state index contributed by atoms with van der Waals surface area (Å²) >= 11 is 0. The van der Waals surface area contributed by atoms with Gasteiger partial charge in [0.05, 0.1) is 18.0 Å². The molecule has 0 heterocycles. The molecule has 112 valence electrons. The van der Waals surface area contributed by atoms with Crippen molar-refractivity contribution in [1.29, 1.82) is 0 Å². The Hall–Kier alpha value is -1.50. The van der Waals surface area contributed by atoms with Crippen molar-refractivity contribution in [3.63, 3.8) is 0 Å². The standard InChI is InChI=1S/C13H14F5NO/c1-8(19(2)6-5-13(16,17)18)12(20)10-4-3-9(14)7-11(10)15/h3-4,7-8H,5-6H2,1-2H3. The van der Waals surface area contributed by atoms with E-state index in [-0.39, 0.29) is 12.1 Å². The van der Waals surface area contributed by atoms with Gasteiger partial charge >= 0.3 is 6.18 Å². The van der Waals surface area contributed by atoms with Gasteiger partial charge in [0, 0.05) is 12.6 Å². The fourth-order valence-corrected chi connectivity index (χ4v) is 1.61. The first kappa shape index (κ1) is 16.6. The molecule has 0 saturated heterocycles. The van der Waals surface area contributed by atoms with Crippen molar-refractivity contribution < 1.29 is 26.7 Å². The Morgan fingerprint density at radius 2 is 1.90 bits per heavy atom. The number of hydrogen-bond acceptors (Lipinski definition) is 2. The summed E-state index contributed by atoms with van der Waals surface area (Å²) in [7, 11) is 1.34. The summed E-state index contributed by atoms with van der Waals surface area (Å²) < 4.78 is 62.5. The third-order valence-electron chi connectivity index (χ3n) is 2.99. The Morgan fingerprint density at radius 1 is 1.30 bits per heavy atom. The molecule has 0 N–H and O–H groups in total. The fourth-order valence-electron chi connectivity index (χ4n) is 1.61. The van der Waals surface area contributed by atoms with Gasteiger partial charge in [-0.1, -0.05) is 0 Å². The molecular weight excluding hydrogens is 281 g/mol. The van der Waals surface area contributed by atoms with E-state index in [4.69, 9.17) is 0 Å². The molecule has 0 aromatic heterocycles. The number of hydrogen-bond donors (Lipinski definition) is 0. The minimum atomic E-state index is -4.32. The molecule has 0 bridgehead atoms. The molecule has 2 nitrogen and oxygen atoms in total. The molecule has 20 heavy (non-hydrogen) atoms. The number of carbonyl (C=O) groups is 1. The van der Waals surface area contributed by atoms with Gasteiger partial charge in [0.15, 0.2) is 5.78 Å². The van der Waals surface area contributed by atoms with Crippen LogP contribution in [0.4, 0.5) is 22.0 Å². The van der Waals surface area contributed by atoms with Crippen LogP contribution in [0.3, 0.4) is 0 Å². The highest BCUT2D eigenvalue weighted by Crippen LogP contribution is 2.21. The Labute approximate surface area is 113 Å². The van der Waals surface area contributed by atoms with Crippen LogP contribution in [-0.4, -0.2) is 36.5 Å². The highest BCUT2D eigenvalue weighted by Gasteiger charge is 2.29. The summed E-state index contributed by atoms with van der Waals surface area (Å²) in [6, 6.07) is 1.55. The molecule has 1 aromatic carbocycles. The zero-order chi connectivity index (χ0) is 15.5. The predicted octanol–water partition coefficient (Wildman–Crippen LogP) is 3.42. The van der Waals surface area contributed by atoms with E-state index in [1.165, 1.54) is 18.9 Å². The van der Waals surface area contributed by atoms with Crippen molar-refractivity contribution in [2.45, 2.75) is 25.6 Å². The van der Waals surface area contributed by atoms with E-state index in [1.54, 1.807) is 0 Å². The number of carbonyl (C=O) groups excluding carboxylic acids is 1. The Balaban J connectivity index is 2.75. The Bertz CT molecular complexity index is 486. The Morgan fingerprint density at radius 3 is 2.40 bits per heavy atom. The number of Topliss-reactive ketones (excluding diaryl/α,β-unsaturated/α-hetero) is 1. The summed E-state index contributed by atoms with van der Waals surface area (Å²) in [5.74, 6) is -2.53. The summed E-state index contributed by atoms with van der Waals surface area (Å²) in [5, 5.41) is 0. The van der Waals surface area contributed by atoms with Gasteiger partial charge in [-0.15, -0.1) is 0 Å². The van der Waals surface area contributed by atoms with Crippen LogP contribution in [0.2, 0.25) is 0 Å². The van der Waals surface area contributed by atoms with Crippen LogP contribution in [0.1, 0.15) is 23.7 Å². The topological polar surface area (TPSA) is 20.3 Å². The Kier molecular flexibility index (Phi) is 5.21. The molecule has 0 aliphatic carbocycles. The highest BCUT2D eigenvalue weighted by molar-refractivity contribution is 6.00. The molecule has 1 atom stereocenters. The molecule has 0 fully saturated rings. The normalized spacial score (nSPS) is 13.6. The number of ketones is 1. The number of rotatable bonds is 5. The highest BCUT2D eigenvalue weighted by atomic mass is 19.4. The first-order valence-corrected chi connectivity index (χ1v) is 5.88. The van der Waals surface area contributed by atoms with E-state index in [9.17, 15) is 26.7 Å². The molecule has 0 aliphatic heterocycles. The quantitative estimate of drug-likeness (QED) is 0.613. The lowest BCUT2D eigenvalue weighted by Gasteiger charge is -2.24. The van der Waals surface area contributed by atoms with E-state index in [2.05, 4.69) is 0 Å². The van der Waals surface area contributed by atoms with Crippen LogP contribution < -0.4 is 0 Å². The predicted molar refractivity (Wildman–Crippen MR) is 63.5 cm³/mol. The number of halogens is 5. The minimum absolute atomic E-state index is 0.335. The third kappa shape index (κ3) is 4.56. The molecule has 0 saturated carbocycles. The lowest BCUT2D eigenvalue weighted by atomic mass is 10.0. The fraction of sp³-hybridized carbons (Fsp3) is 0.462. The van der Waals surface area contributed by atoms with Crippen LogP contribution in [0.15, 0.2) is 18.2 Å². The van der Waals surface area contributed by atoms with Crippen molar-refractivity contribution in [3.8, 4) is 0 Å². The molecule has 0 aliphatic rings. The second-order valence-corrected chi connectivity index (χ2v) is 4.51. The van der Waals surface area contributed by atoms with Gasteiger partial charge < -0.3 is 0 Å². The molecule has 1 aromatic rings. The van der Waals surface area contributed by atoms with Crippen molar-refractivity contribution in [2.24, 2.45) is 0 Å².